The summed E-state index contributed by atoms with van der Waals surface area (Å²) in [6.45, 7) is 4.18. The van der Waals surface area contributed by atoms with Crippen molar-refractivity contribution in [2.75, 3.05) is 36.5 Å². The molecule has 4 rings (SSSR count). The van der Waals surface area contributed by atoms with Gasteiger partial charge in [0.05, 0.1) is 23.8 Å². The molecule has 1 spiro atoms. The molecule has 0 bridgehead atoms. The molecule has 7 nitrogen and oxygen atoms in total. The van der Waals surface area contributed by atoms with Gasteiger partial charge in [-0.15, -0.1) is 0 Å². The van der Waals surface area contributed by atoms with E-state index in [-0.39, 0.29) is 18.1 Å². The topological polar surface area (TPSA) is 82.1 Å². The van der Waals surface area contributed by atoms with Crippen LogP contribution in [0, 0.1) is 11.2 Å². The van der Waals surface area contributed by atoms with E-state index in [9.17, 15) is 19.1 Å². The number of hydrogen-bond donors (Lipinski definition) is 2. The molecule has 1 saturated carbocycles. The summed E-state index contributed by atoms with van der Waals surface area (Å²) in [5, 5.41) is 12.3. The molecular formula is C24H34FN3O4. The van der Waals surface area contributed by atoms with E-state index < -0.39 is 17.3 Å². The van der Waals surface area contributed by atoms with E-state index >= 15 is 0 Å². The van der Waals surface area contributed by atoms with Gasteiger partial charge in [-0.2, -0.15) is 0 Å². The Morgan fingerprint density at radius 3 is 2.75 bits per heavy atom. The second kappa shape index (κ2) is 9.65. The maximum Gasteiger partial charge on any atom is 0.411 e. The summed E-state index contributed by atoms with van der Waals surface area (Å²) < 4.78 is 19.9. The van der Waals surface area contributed by atoms with Gasteiger partial charge in [-0.05, 0) is 69.6 Å². The first kappa shape index (κ1) is 22.8. The van der Waals surface area contributed by atoms with Crippen molar-refractivity contribution < 1.29 is 23.8 Å². The van der Waals surface area contributed by atoms with E-state index in [0.29, 0.717) is 31.1 Å². The van der Waals surface area contributed by atoms with Crippen LogP contribution < -0.4 is 10.2 Å². The summed E-state index contributed by atoms with van der Waals surface area (Å²) in [5.74, 6) is -0.222. The molecular weight excluding hydrogens is 413 g/mol. The Morgan fingerprint density at radius 1 is 1.25 bits per heavy atom. The number of carbonyl (C=O) groups excluding carboxylic acids is 2. The molecule has 2 amide bonds. The normalized spacial score (nSPS) is 28.3. The SMILES string of the molecule is CCCOC(=O)Nc1ccc(N2CCC[C@]3(CCN(C4CCC(O)CC4)C3=O)C2)c(F)c1. The molecule has 3 fully saturated rings. The Hall–Kier alpha value is -2.35. The van der Waals surface area contributed by atoms with Gasteiger partial charge in [0.2, 0.25) is 5.91 Å². The van der Waals surface area contributed by atoms with Crippen LogP contribution >= 0.6 is 0 Å². The number of likely N-dealkylation sites (tertiary alicyclic amines) is 1. The number of hydrogen-bond acceptors (Lipinski definition) is 5. The van der Waals surface area contributed by atoms with Crippen molar-refractivity contribution in [1.29, 1.82) is 0 Å². The van der Waals surface area contributed by atoms with Crippen LogP contribution in [-0.4, -0.2) is 60.4 Å². The van der Waals surface area contributed by atoms with E-state index in [2.05, 4.69) is 5.32 Å². The standard InChI is InChI=1S/C24H34FN3O4/c1-2-14-32-23(31)26-17-4-9-21(20(25)15-17)27-12-3-10-24(16-27)11-13-28(22(24)30)18-5-7-19(29)8-6-18/h4,9,15,18-19,29H,2-3,5-8,10-14,16H2,1H3,(H,26,31)/t18?,19?,24-/m0/s1. The molecule has 1 aromatic carbocycles. The highest BCUT2D eigenvalue weighted by molar-refractivity contribution is 5.87. The van der Waals surface area contributed by atoms with Crippen LogP contribution in [0.1, 0.15) is 58.3 Å². The molecule has 0 radical (unpaired) electrons. The zero-order valence-electron chi connectivity index (χ0n) is 18.8. The number of benzene rings is 1. The Morgan fingerprint density at radius 2 is 2.03 bits per heavy atom. The second-order valence-electron chi connectivity index (χ2n) is 9.44. The van der Waals surface area contributed by atoms with Gasteiger partial charge in [-0.1, -0.05) is 6.92 Å². The van der Waals surface area contributed by atoms with E-state index in [4.69, 9.17) is 4.74 Å². The summed E-state index contributed by atoms with van der Waals surface area (Å²) in [7, 11) is 0. The number of piperidine rings is 1. The van der Waals surface area contributed by atoms with Gasteiger partial charge in [0.15, 0.2) is 0 Å². The van der Waals surface area contributed by atoms with E-state index in [0.717, 1.165) is 57.9 Å². The molecule has 32 heavy (non-hydrogen) atoms. The summed E-state index contributed by atoms with van der Waals surface area (Å²) >= 11 is 0. The van der Waals surface area contributed by atoms with Crippen LogP contribution in [0.4, 0.5) is 20.6 Å². The molecule has 8 heteroatoms. The van der Waals surface area contributed by atoms with Crippen molar-refractivity contribution in [3.63, 3.8) is 0 Å². The molecule has 2 aliphatic heterocycles. The number of rotatable bonds is 5. The van der Waals surface area contributed by atoms with Gasteiger partial charge in [-0.3, -0.25) is 10.1 Å². The number of nitrogens with one attached hydrogen (secondary N) is 1. The fraction of sp³-hybridized carbons (Fsp3) is 0.667. The fourth-order valence-electron chi connectivity index (χ4n) is 5.47. The number of aliphatic hydroxyl groups is 1. The molecule has 2 saturated heterocycles. The van der Waals surface area contributed by atoms with Crippen molar-refractivity contribution in [1.82, 2.24) is 4.90 Å². The Balaban J connectivity index is 1.42. The lowest BCUT2D eigenvalue weighted by Gasteiger charge is -2.41. The maximum absolute atomic E-state index is 15.0. The fourth-order valence-corrected chi connectivity index (χ4v) is 5.47. The molecule has 0 unspecified atom stereocenters. The van der Waals surface area contributed by atoms with Crippen molar-refractivity contribution in [3.8, 4) is 0 Å². The van der Waals surface area contributed by atoms with E-state index in [1.165, 1.54) is 6.07 Å². The van der Waals surface area contributed by atoms with Gasteiger partial charge in [0.25, 0.3) is 0 Å². The lowest BCUT2D eigenvalue weighted by Crippen LogP contribution is -2.50. The number of ether oxygens (including phenoxy) is 1. The third-order valence-corrected chi connectivity index (χ3v) is 7.20. The number of halogens is 1. The monoisotopic (exact) mass is 447 g/mol. The molecule has 176 valence electrons. The number of aliphatic hydroxyl groups excluding tert-OH is 1. The summed E-state index contributed by atoms with van der Waals surface area (Å²) in [6, 6.07) is 4.86. The number of anilines is 2. The molecule has 1 atom stereocenters. The van der Waals surface area contributed by atoms with Crippen molar-refractivity contribution >= 4 is 23.4 Å². The smallest absolute Gasteiger partial charge is 0.411 e. The first-order valence-corrected chi connectivity index (χ1v) is 11.9. The van der Waals surface area contributed by atoms with Crippen LogP contribution in [0.25, 0.3) is 0 Å². The first-order valence-electron chi connectivity index (χ1n) is 11.9. The minimum atomic E-state index is -0.595. The lowest BCUT2D eigenvalue weighted by molar-refractivity contribution is -0.139. The van der Waals surface area contributed by atoms with Crippen LogP contribution in [0.15, 0.2) is 18.2 Å². The minimum Gasteiger partial charge on any atom is -0.449 e. The Bertz CT molecular complexity index is 843. The van der Waals surface area contributed by atoms with E-state index in [1.54, 1.807) is 12.1 Å². The first-order chi connectivity index (χ1) is 15.4. The van der Waals surface area contributed by atoms with E-state index in [1.807, 2.05) is 16.7 Å². The Labute approximate surface area is 188 Å². The van der Waals surface area contributed by atoms with Crippen LogP contribution in [0.3, 0.4) is 0 Å². The van der Waals surface area contributed by atoms with Crippen LogP contribution in [0.2, 0.25) is 0 Å². The lowest BCUT2D eigenvalue weighted by atomic mass is 9.78. The average Bonchev–Trinajstić information content (AvgIpc) is 3.08. The molecule has 1 aliphatic carbocycles. The number of carbonyl (C=O) groups is 2. The Kier molecular flexibility index (Phi) is 6.88. The van der Waals surface area contributed by atoms with Gasteiger partial charge in [0.1, 0.15) is 5.82 Å². The molecule has 2 heterocycles. The van der Waals surface area contributed by atoms with Crippen molar-refractivity contribution in [2.24, 2.45) is 5.41 Å². The van der Waals surface area contributed by atoms with Gasteiger partial charge >= 0.3 is 6.09 Å². The van der Waals surface area contributed by atoms with Gasteiger partial charge in [0, 0.05) is 31.4 Å². The third kappa shape index (κ3) is 4.70. The van der Waals surface area contributed by atoms with Gasteiger partial charge in [-0.25, -0.2) is 9.18 Å². The predicted octanol–water partition coefficient (Wildman–Crippen LogP) is 3.91. The molecule has 2 N–H and O–H groups in total. The van der Waals surface area contributed by atoms with Crippen LogP contribution in [0.5, 0.6) is 0 Å². The highest BCUT2D eigenvalue weighted by atomic mass is 19.1. The second-order valence-corrected chi connectivity index (χ2v) is 9.44. The molecule has 0 aromatic heterocycles. The largest absolute Gasteiger partial charge is 0.449 e. The number of nitrogens with zero attached hydrogens (tertiary/aromatic N) is 2. The summed E-state index contributed by atoms with van der Waals surface area (Å²) in [6.07, 6.45) is 5.58. The summed E-state index contributed by atoms with van der Waals surface area (Å²) in [5.41, 5.74) is 0.354. The highest BCUT2D eigenvalue weighted by Crippen LogP contribution is 2.43. The van der Waals surface area contributed by atoms with Crippen molar-refractivity contribution in [2.45, 2.75) is 70.4 Å². The molecule has 3 aliphatic rings. The zero-order valence-corrected chi connectivity index (χ0v) is 18.8. The maximum atomic E-state index is 15.0. The average molecular weight is 448 g/mol. The van der Waals surface area contributed by atoms with Gasteiger partial charge < -0.3 is 19.6 Å². The highest BCUT2D eigenvalue weighted by Gasteiger charge is 2.50. The third-order valence-electron chi connectivity index (χ3n) is 7.20. The zero-order chi connectivity index (χ0) is 22.7. The molecule has 1 aromatic rings. The minimum absolute atomic E-state index is 0.195. The number of amides is 2. The predicted molar refractivity (Wildman–Crippen MR) is 120 cm³/mol. The van der Waals surface area contributed by atoms with Crippen LogP contribution in [-0.2, 0) is 9.53 Å². The van der Waals surface area contributed by atoms with Crippen molar-refractivity contribution in [3.05, 3.63) is 24.0 Å². The summed E-state index contributed by atoms with van der Waals surface area (Å²) in [4.78, 5) is 29.2. The quantitative estimate of drug-likeness (QED) is 0.715.